The van der Waals surface area contributed by atoms with E-state index in [1.807, 2.05) is 25.4 Å². The zero-order valence-electron chi connectivity index (χ0n) is 9.08. The Balaban J connectivity index is 1.95. The van der Waals surface area contributed by atoms with E-state index in [9.17, 15) is 4.79 Å². The third-order valence-electron chi connectivity index (χ3n) is 2.03. The maximum absolute atomic E-state index is 11.0. The third kappa shape index (κ3) is 5.22. The first-order chi connectivity index (χ1) is 7.33. The van der Waals surface area contributed by atoms with Crippen LogP contribution in [-0.4, -0.2) is 24.1 Å². The van der Waals surface area contributed by atoms with Gasteiger partial charge in [0.1, 0.15) is 0 Å². The van der Waals surface area contributed by atoms with E-state index in [4.69, 9.17) is 4.74 Å². The molecule has 2 N–H and O–H groups in total. The summed E-state index contributed by atoms with van der Waals surface area (Å²) >= 11 is 0. The van der Waals surface area contributed by atoms with E-state index < -0.39 is 0 Å². The lowest BCUT2D eigenvalue weighted by Crippen LogP contribution is -2.16. The lowest BCUT2D eigenvalue weighted by atomic mass is 10.3. The molecule has 0 atom stereocenters. The Kier molecular flexibility index (Phi) is 5.55. The summed E-state index contributed by atoms with van der Waals surface area (Å²) in [4.78, 5) is 14.0. The van der Waals surface area contributed by atoms with Gasteiger partial charge >= 0.3 is 5.97 Å². The van der Waals surface area contributed by atoms with Crippen LogP contribution in [0.15, 0.2) is 18.5 Å². The Morgan fingerprint density at radius 3 is 3.13 bits per heavy atom. The average Bonchev–Trinajstić information content (AvgIpc) is 2.70. The van der Waals surface area contributed by atoms with Crippen LogP contribution >= 0.6 is 0 Å². The summed E-state index contributed by atoms with van der Waals surface area (Å²) in [6, 6.07) is 2.03. The molecule has 15 heavy (non-hydrogen) atoms. The van der Waals surface area contributed by atoms with Crippen LogP contribution in [-0.2, 0) is 16.1 Å². The van der Waals surface area contributed by atoms with Crippen molar-refractivity contribution < 1.29 is 9.53 Å². The van der Waals surface area contributed by atoms with Gasteiger partial charge in [0.05, 0.1) is 6.61 Å². The molecule has 4 heteroatoms. The molecule has 0 saturated carbocycles. The monoisotopic (exact) mass is 210 g/mol. The minimum Gasteiger partial charge on any atom is -0.466 e. The molecule has 0 aliphatic rings. The number of esters is 1. The highest BCUT2D eigenvalue weighted by Gasteiger charge is 2.00. The van der Waals surface area contributed by atoms with Crippen LogP contribution in [0.3, 0.4) is 0 Å². The quantitative estimate of drug-likeness (QED) is 0.529. The lowest BCUT2D eigenvalue weighted by molar-refractivity contribution is -0.143. The summed E-state index contributed by atoms with van der Waals surface area (Å²) in [5.74, 6) is -0.110. The number of aromatic nitrogens is 1. The van der Waals surface area contributed by atoms with Crippen LogP contribution in [0.5, 0.6) is 0 Å². The topological polar surface area (TPSA) is 54.1 Å². The Bertz CT molecular complexity index is 270. The van der Waals surface area contributed by atoms with Crippen molar-refractivity contribution in [3.63, 3.8) is 0 Å². The standard InChI is InChI=1S/C11H18N2O2/c1-2-15-11(14)4-3-6-12-8-10-5-7-13-9-10/h5,7,9,12-13H,2-4,6,8H2,1H3. The van der Waals surface area contributed by atoms with Crippen molar-refractivity contribution in [1.29, 1.82) is 0 Å². The molecule has 1 aromatic rings. The van der Waals surface area contributed by atoms with Gasteiger partial charge in [0.25, 0.3) is 0 Å². The molecule has 0 amide bonds. The van der Waals surface area contributed by atoms with E-state index in [-0.39, 0.29) is 5.97 Å². The molecule has 1 aromatic heterocycles. The highest BCUT2D eigenvalue weighted by Crippen LogP contribution is 1.96. The van der Waals surface area contributed by atoms with E-state index in [0.717, 1.165) is 19.5 Å². The van der Waals surface area contributed by atoms with E-state index >= 15 is 0 Å². The summed E-state index contributed by atoms with van der Waals surface area (Å²) in [5, 5.41) is 3.26. The first-order valence-corrected chi connectivity index (χ1v) is 5.31. The fourth-order valence-electron chi connectivity index (χ4n) is 1.29. The van der Waals surface area contributed by atoms with Crippen molar-refractivity contribution in [1.82, 2.24) is 10.3 Å². The van der Waals surface area contributed by atoms with Crippen LogP contribution in [0, 0.1) is 0 Å². The van der Waals surface area contributed by atoms with Gasteiger partial charge in [0, 0.05) is 25.4 Å². The SMILES string of the molecule is CCOC(=O)CCCNCc1cc[nH]c1. The molecule has 4 nitrogen and oxygen atoms in total. The number of H-pyrrole nitrogens is 1. The van der Waals surface area contributed by atoms with Crippen LogP contribution < -0.4 is 5.32 Å². The molecular formula is C11H18N2O2. The van der Waals surface area contributed by atoms with E-state index in [1.165, 1.54) is 5.56 Å². The predicted molar refractivity (Wildman–Crippen MR) is 58.4 cm³/mol. The van der Waals surface area contributed by atoms with Gasteiger partial charge in [-0.3, -0.25) is 4.79 Å². The molecule has 0 saturated heterocycles. The molecule has 0 bridgehead atoms. The molecule has 0 unspecified atom stereocenters. The lowest BCUT2D eigenvalue weighted by Gasteiger charge is -2.03. The maximum atomic E-state index is 11.0. The maximum Gasteiger partial charge on any atom is 0.305 e. The first-order valence-electron chi connectivity index (χ1n) is 5.31. The van der Waals surface area contributed by atoms with E-state index in [0.29, 0.717) is 13.0 Å². The molecule has 0 radical (unpaired) electrons. The van der Waals surface area contributed by atoms with E-state index in [1.54, 1.807) is 0 Å². The molecule has 1 heterocycles. The molecule has 0 fully saturated rings. The van der Waals surface area contributed by atoms with Gasteiger partial charge in [-0.15, -0.1) is 0 Å². The van der Waals surface area contributed by atoms with Crippen molar-refractivity contribution in [3.05, 3.63) is 24.0 Å². The van der Waals surface area contributed by atoms with E-state index in [2.05, 4.69) is 10.3 Å². The molecule has 0 spiro atoms. The second kappa shape index (κ2) is 7.06. The largest absolute Gasteiger partial charge is 0.466 e. The Hall–Kier alpha value is -1.29. The fraction of sp³-hybridized carbons (Fsp3) is 0.545. The molecule has 0 aromatic carbocycles. The molecule has 0 aliphatic heterocycles. The average molecular weight is 210 g/mol. The number of hydrogen-bond acceptors (Lipinski definition) is 3. The minimum absolute atomic E-state index is 0.110. The Morgan fingerprint density at radius 1 is 1.60 bits per heavy atom. The van der Waals surface area contributed by atoms with Crippen molar-refractivity contribution in [2.24, 2.45) is 0 Å². The van der Waals surface area contributed by atoms with Crippen LogP contribution in [0.4, 0.5) is 0 Å². The second-order valence-corrected chi connectivity index (χ2v) is 3.30. The number of hydrogen-bond donors (Lipinski definition) is 2. The Labute approximate surface area is 90.0 Å². The van der Waals surface area contributed by atoms with Crippen LogP contribution in [0.1, 0.15) is 25.3 Å². The first kappa shape index (κ1) is 11.8. The second-order valence-electron chi connectivity index (χ2n) is 3.30. The summed E-state index contributed by atoms with van der Waals surface area (Å²) in [5.41, 5.74) is 1.23. The molecule has 1 rings (SSSR count). The normalized spacial score (nSPS) is 10.2. The summed E-state index contributed by atoms with van der Waals surface area (Å²) < 4.78 is 4.82. The summed E-state index contributed by atoms with van der Waals surface area (Å²) in [6.45, 7) is 3.97. The Morgan fingerprint density at radius 2 is 2.47 bits per heavy atom. The zero-order chi connectivity index (χ0) is 10.9. The van der Waals surface area contributed by atoms with Gasteiger partial charge in [0.2, 0.25) is 0 Å². The number of aromatic amines is 1. The third-order valence-corrected chi connectivity index (χ3v) is 2.03. The van der Waals surface area contributed by atoms with Crippen molar-refractivity contribution in [2.45, 2.75) is 26.3 Å². The fourth-order valence-corrected chi connectivity index (χ4v) is 1.29. The van der Waals surface area contributed by atoms with Crippen molar-refractivity contribution in [2.75, 3.05) is 13.2 Å². The highest BCUT2D eigenvalue weighted by molar-refractivity contribution is 5.69. The van der Waals surface area contributed by atoms with Gasteiger partial charge in [-0.1, -0.05) is 0 Å². The van der Waals surface area contributed by atoms with Crippen LogP contribution in [0.2, 0.25) is 0 Å². The zero-order valence-corrected chi connectivity index (χ0v) is 9.08. The summed E-state index contributed by atoms with van der Waals surface area (Å²) in [7, 11) is 0. The van der Waals surface area contributed by atoms with Gasteiger partial charge in [-0.25, -0.2) is 0 Å². The van der Waals surface area contributed by atoms with Gasteiger partial charge in [-0.05, 0) is 31.5 Å². The molecular weight excluding hydrogens is 192 g/mol. The van der Waals surface area contributed by atoms with Gasteiger partial charge in [0.15, 0.2) is 0 Å². The molecule has 0 aliphatic carbocycles. The predicted octanol–water partition coefficient (Wildman–Crippen LogP) is 1.45. The van der Waals surface area contributed by atoms with Gasteiger partial charge in [-0.2, -0.15) is 0 Å². The number of ether oxygens (including phenoxy) is 1. The highest BCUT2D eigenvalue weighted by atomic mass is 16.5. The van der Waals surface area contributed by atoms with Crippen molar-refractivity contribution in [3.8, 4) is 0 Å². The van der Waals surface area contributed by atoms with Crippen LogP contribution in [0.25, 0.3) is 0 Å². The van der Waals surface area contributed by atoms with Crippen molar-refractivity contribution >= 4 is 5.97 Å². The van der Waals surface area contributed by atoms with Gasteiger partial charge < -0.3 is 15.0 Å². The number of carbonyl (C=O) groups is 1. The smallest absolute Gasteiger partial charge is 0.305 e. The summed E-state index contributed by atoms with van der Waals surface area (Å²) in [6.07, 6.45) is 5.17. The number of carbonyl (C=O) groups excluding carboxylic acids is 1. The number of nitrogens with one attached hydrogen (secondary N) is 2. The number of rotatable bonds is 7. The minimum atomic E-state index is -0.110. The molecule has 84 valence electrons.